The van der Waals surface area contributed by atoms with Gasteiger partial charge in [0.25, 0.3) is 5.91 Å². The van der Waals surface area contributed by atoms with Gasteiger partial charge in [-0.3, -0.25) is 4.79 Å². The van der Waals surface area contributed by atoms with E-state index in [0.717, 1.165) is 0 Å². The standard InChI is InChI=1S/C16H21NO4/c1-16(2,21-4)11-17-15(19)13-7-8-14(20-3)12(10-13)6-5-9-18/h7-8,10,18H,9,11H2,1-4H3,(H,17,19). The summed E-state index contributed by atoms with van der Waals surface area (Å²) < 4.78 is 10.4. The summed E-state index contributed by atoms with van der Waals surface area (Å²) in [5.41, 5.74) is 0.608. The topological polar surface area (TPSA) is 67.8 Å². The molecule has 0 unspecified atom stereocenters. The first-order valence-electron chi connectivity index (χ1n) is 6.54. The lowest BCUT2D eigenvalue weighted by Crippen LogP contribution is -2.39. The molecule has 114 valence electrons. The van der Waals surface area contributed by atoms with Crippen molar-refractivity contribution in [1.82, 2.24) is 5.32 Å². The number of amides is 1. The molecule has 0 aliphatic rings. The van der Waals surface area contributed by atoms with E-state index in [1.54, 1.807) is 25.3 Å². The van der Waals surface area contributed by atoms with Crippen molar-refractivity contribution in [3.05, 3.63) is 29.3 Å². The first kappa shape index (κ1) is 17.0. The van der Waals surface area contributed by atoms with Crippen molar-refractivity contribution in [3.63, 3.8) is 0 Å². The number of ether oxygens (including phenoxy) is 2. The molecule has 21 heavy (non-hydrogen) atoms. The molecular weight excluding hydrogens is 270 g/mol. The van der Waals surface area contributed by atoms with Crippen molar-refractivity contribution in [2.24, 2.45) is 0 Å². The Balaban J connectivity index is 2.90. The van der Waals surface area contributed by atoms with Crippen LogP contribution in [-0.4, -0.2) is 44.0 Å². The highest BCUT2D eigenvalue weighted by atomic mass is 16.5. The Morgan fingerprint density at radius 2 is 2.10 bits per heavy atom. The highest BCUT2D eigenvalue weighted by molar-refractivity contribution is 5.94. The molecule has 5 nitrogen and oxygen atoms in total. The van der Waals surface area contributed by atoms with Crippen LogP contribution in [0.25, 0.3) is 0 Å². The Hall–Kier alpha value is -2.03. The molecule has 2 N–H and O–H groups in total. The lowest BCUT2D eigenvalue weighted by Gasteiger charge is -2.23. The van der Waals surface area contributed by atoms with E-state index in [1.165, 1.54) is 7.11 Å². The fourth-order valence-electron chi connectivity index (χ4n) is 1.55. The number of benzene rings is 1. The van der Waals surface area contributed by atoms with Gasteiger partial charge in [0.1, 0.15) is 12.4 Å². The predicted molar refractivity (Wildman–Crippen MR) is 80.4 cm³/mol. The number of methoxy groups -OCH3 is 2. The fourth-order valence-corrected chi connectivity index (χ4v) is 1.55. The molecule has 1 aromatic rings. The number of carbonyl (C=O) groups excluding carboxylic acids is 1. The van der Waals surface area contributed by atoms with E-state index in [-0.39, 0.29) is 12.5 Å². The van der Waals surface area contributed by atoms with Crippen LogP contribution in [0.1, 0.15) is 29.8 Å². The van der Waals surface area contributed by atoms with Crippen LogP contribution >= 0.6 is 0 Å². The second-order valence-electron chi connectivity index (χ2n) is 5.02. The zero-order chi connectivity index (χ0) is 15.9. The average molecular weight is 291 g/mol. The second kappa shape index (κ2) is 7.67. The normalized spacial score (nSPS) is 10.5. The zero-order valence-electron chi connectivity index (χ0n) is 12.8. The van der Waals surface area contributed by atoms with Crippen LogP contribution in [0.4, 0.5) is 0 Å². The number of hydrogen-bond donors (Lipinski definition) is 2. The van der Waals surface area contributed by atoms with Gasteiger partial charge in [0.2, 0.25) is 0 Å². The number of nitrogens with one attached hydrogen (secondary N) is 1. The van der Waals surface area contributed by atoms with Gasteiger partial charge in [0.05, 0.1) is 18.3 Å². The molecule has 0 aromatic heterocycles. The predicted octanol–water partition coefficient (Wildman–Crippen LogP) is 1.19. The highest BCUT2D eigenvalue weighted by Gasteiger charge is 2.18. The van der Waals surface area contributed by atoms with E-state index < -0.39 is 5.60 Å². The van der Waals surface area contributed by atoms with Crippen molar-refractivity contribution in [2.45, 2.75) is 19.4 Å². The third-order valence-corrected chi connectivity index (χ3v) is 2.99. The average Bonchev–Trinajstić information content (AvgIpc) is 2.50. The number of aliphatic hydroxyl groups is 1. The minimum Gasteiger partial charge on any atom is -0.495 e. The van der Waals surface area contributed by atoms with E-state index in [4.69, 9.17) is 14.6 Å². The Labute approximate surface area is 125 Å². The summed E-state index contributed by atoms with van der Waals surface area (Å²) in [6.45, 7) is 3.92. The number of aliphatic hydroxyl groups excluding tert-OH is 1. The SMILES string of the molecule is COc1ccc(C(=O)NCC(C)(C)OC)cc1C#CCO. The quantitative estimate of drug-likeness (QED) is 0.800. The minimum absolute atomic E-state index is 0.213. The maximum atomic E-state index is 12.1. The first-order valence-corrected chi connectivity index (χ1v) is 6.54. The van der Waals surface area contributed by atoms with Crippen molar-refractivity contribution in [1.29, 1.82) is 0 Å². The first-order chi connectivity index (χ1) is 9.93. The van der Waals surface area contributed by atoms with Gasteiger partial charge in [-0.1, -0.05) is 11.8 Å². The van der Waals surface area contributed by atoms with Gasteiger partial charge in [-0.2, -0.15) is 0 Å². The van der Waals surface area contributed by atoms with Crippen LogP contribution in [0.2, 0.25) is 0 Å². The van der Waals surface area contributed by atoms with Crippen LogP contribution in [0.5, 0.6) is 5.75 Å². The molecule has 0 spiro atoms. The van der Waals surface area contributed by atoms with Crippen LogP contribution in [0, 0.1) is 11.8 Å². The lowest BCUT2D eigenvalue weighted by atomic mass is 10.1. The van der Waals surface area contributed by atoms with Crippen LogP contribution in [0.3, 0.4) is 0 Å². The summed E-state index contributed by atoms with van der Waals surface area (Å²) in [6.07, 6.45) is 0. The van der Waals surface area contributed by atoms with Gasteiger partial charge in [-0.25, -0.2) is 0 Å². The van der Waals surface area contributed by atoms with Crippen LogP contribution in [-0.2, 0) is 4.74 Å². The summed E-state index contributed by atoms with van der Waals surface area (Å²) in [5, 5.41) is 11.6. The summed E-state index contributed by atoms with van der Waals surface area (Å²) >= 11 is 0. The number of hydrogen-bond acceptors (Lipinski definition) is 4. The molecule has 1 amide bonds. The molecule has 5 heteroatoms. The van der Waals surface area contributed by atoms with Gasteiger partial charge in [-0.05, 0) is 32.0 Å². The summed E-state index contributed by atoms with van der Waals surface area (Å²) in [5.74, 6) is 5.65. The summed E-state index contributed by atoms with van der Waals surface area (Å²) in [7, 11) is 3.13. The summed E-state index contributed by atoms with van der Waals surface area (Å²) in [6, 6.07) is 4.98. The molecule has 1 rings (SSSR count). The van der Waals surface area contributed by atoms with Crippen molar-refractivity contribution in [2.75, 3.05) is 27.4 Å². The molecule has 0 aliphatic carbocycles. The minimum atomic E-state index is -0.429. The largest absolute Gasteiger partial charge is 0.495 e. The third kappa shape index (κ3) is 5.10. The van der Waals surface area contributed by atoms with Crippen molar-refractivity contribution >= 4 is 5.91 Å². The maximum absolute atomic E-state index is 12.1. The fraction of sp³-hybridized carbons (Fsp3) is 0.438. The Morgan fingerprint density at radius 1 is 1.38 bits per heavy atom. The van der Waals surface area contributed by atoms with Gasteiger partial charge in [0, 0.05) is 19.2 Å². The van der Waals surface area contributed by atoms with E-state index >= 15 is 0 Å². The molecule has 0 aliphatic heterocycles. The van der Waals surface area contributed by atoms with E-state index in [1.807, 2.05) is 13.8 Å². The molecule has 0 fully saturated rings. The van der Waals surface area contributed by atoms with E-state index in [9.17, 15) is 4.79 Å². The van der Waals surface area contributed by atoms with Gasteiger partial charge >= 0.3 is 0 Å². The summed E-state index contributed by atoms with van der Waals surface area (Å²) in [4.78, 5) is 12.1. The highest BCUT2D eigenvalue weighted by Crippen LogP contribution is 2.19. The molecular formula is C16H21NO4. The molecule has 0 radical (unpaired) electrons. The van der Waals surface area contributed by atoms with E-state index in [0.29, 0.717) is 23.4 Å². The molecule has 0 saturated heterocycles. The molecule has 0 bridgehead atoms. The number of carbonyl (C=O) groups is 1. The van der Waals surface area contributed by atoms with E-state index in [2.05, 4.69) is 17.2 Å². The van der Waals surface area contributed by atoms with Crippen molar-refractivity contribution < 1.29 is 19.4 Å². The van der Waals surface area contributed by atoms with Gasteiger partial charge in [0.15, 0.2) is 0 Å². The Morgan fingerprint density at radius 3 is 2.67 bits per heavy atom. The third-order valence-electron chi connectivity index (χ3n) is 2.99. The van der Waals surface area contributed by atoms with Crippen LogP contribution < -0.4 is 10.1 Å². The monoisotopic (exact) mass is 291 g/mol. The molecule has 0 heterocycles. The second-order valence-corrected chi connectivity index (χ2v) is 5.02. The van der Waals surface area contributed by atoms with Gasteiger partial charge < -0.3 is 19.9 Å². The molecule has 0 atom stereocenters. The maximum Gasteiger partial charge on any atom is 0.251 e. The lowest BCUT2D eigenvalue weighted by molar-refractivity contribution is 0.0229. The van der Waals surface area contributed by atoms with Crippen molar-refractivity contribution in [3.8, 4) is 17.6 Å². The van der Waals surface area contributed by atoms with Gasteiger partial charge in [-0.15, -0.1) is 0 Å². The smallest absolute Gasteiger partial charge is 0.251 e. The van der Waals surface area contributed by atoms with Crippen LogP contribution in [0.15, 0.2) is 18.2 Å². The molecule has 0 saturated carbocycles. The molecule has 1 aromatic carbocycles. The Bertz CT molecular complexity index is 555. The zero-order valence-corrected chi connectivity index (χ0v) is 12.8. The Kier molecular flexibility index (Phi) is 6.22. The number of rotatable bonds is 5.